The van der Waals surface area contributed by atoms with Gasteiger partial charge in [0, 0.05) is 22.2 Å². The maximum absolute atomic E-state index is 12.2. The van der Waals surface area contributed by atoms with E-state index in [1.807, 2.05) is 34.6 Å². The number of rotatable bonds is 8. The van der Waals surface area contributed by atoms with Crippen LogP contribution in [0.3, 0.4) is 0 Å². The number of hydrogen-bond acceptors (Lipinski definition) is 4. The summed E-state index contributed by atoms with van der Waals surface area (Å²) in [5.41, 5.74) is 0.609. The van der Waals surface area contributed by atoms with Gasteiger partial charge in [0.25, 0.3) is 0 Å². The zero-order valence-corrected chi connectivity index (χ0v) is 16.0. The predicted molar refractivity (Wildman–Crippen MR) is 91.5 cm³/mol. The summed E-state index contributed by atoms with van der Waals surface area (Å²) < 4.78 is 11.6. The van der Waals surface area contributed by atoms with E-state index in [-0.39, 0.29) is 5.92 Å². The van der Waals surface area contributed by atoms with Crippen LogP contribution in [0.15, 0.2) is 24.3 Å². The van der Waals surface area contributed by atoms with Crippen LogP contribution in [-0.2, 0) is 18.4 Å². The third-order valence-electron chi connectivity index (χ3n) is 3.80. The summed E-state index contributed by atoms with van der Waals surface area (Å²) in [5.74, 6) is -0.764. The van der Waals surface area contributed by atoms with E-state index in [9.17, 15) is 9.59 Å². The maximum Gasteiger partial charge on any atom is 0.470 e. The second kappa shape index (κ2) is 7.77. The predicted octanol–water partition coefficient (Wildman–Crippen LogP) is 4.51. The molecular formula is C17H30O4Si. The highest BCUT2D eigenvalue weighted by Crippen LogP contribution is 2.46. The van der Waals surface area contributed by atoms with Crippen LogP contribution in [0, 0.1) is 5.92 Å². The van der Waals surface area contributed by atoms with Crippen molar-refractivity contribution in [2.24, 2.45) is 5.92 Å². The molecule has 0 radical (unpaired) electrons. The van der Waals surface area contributed by atoms with Gasteiger partial charge in [-0.15, -0.1) is 0 Å². The van der Waals surface area contributed by atoms with Crippen molar-refractivity contribution in [3.05, 3.63) is 24.3 Å². The van der Waals surface area contributed by atoms with Gasteiger partial charge in [-0.1, -0.05) is 47.8 Å². The van der Waals surface area contributed by atoms with E-state index in [1.165, 1.54) is 0 Å². The van der Waals surface area contributed by atoms with E-state index in [0.29, 0.717) is 17.2 Å². The van der Waals surface area contributed by atoms with Gasteiger partial charge in [0.05, 0.1) is 0 Å². The Morgan fingerprint density at radius 1 is 1.05 bits per heavy atom. The first kappa shape index (κ1) is 20.6. The molecule has 0 atom stereocenters. The summed E-state index contributed by atoms with van der Waals surface area (Å²) in [4.78, 5) is 24.3. The molecule has 0 aromatic heterocycles. The fourth-order valence-corrected chi connectivity index (χ4v) is 5.81. The highest BCUT2D eigenvalue weighted by molar-refractivity contribution is 6.73. The molecule has 0 unspecified atom stereocenters. The Kier molecular flexibility index (Phi) is 7.28. The smallest absolute Gasteiger partial charge is 0.470 e. The molecular weight excluding hydrogens is 296 g/mol. The summed E-state index contributed by atoms with van der Waals surface area (Å²) in [6, 6.07) is 0.548. The Balaban J connectivity index is 5.91. The van der Waals surface area contributed by atoms with E-state index in [0.717, 1.165) is 6.42 Å². The summed E-state index contributed by atoms with van der Waals surface area (Å²) in [6.45, 7) is 20.5. The van der Waals surface area contributed by atoms with Gasteiger partial charge in [-0.05, 0) is 26.2 Å². The zero-order valence-electron chi connectivity index (χ0n) is 15.0. The monoisotopic (exact) mass is 326 g/mol. The first-order valence-electron chi connectivity index (χ1n) is 7.66. The molecule has 4 nitrogen and oxygen atoms in total. The Bertz CT molecular complexity index is 435. The Labute approximate surface area is 135 Å². The van der Waals surface area contributed by atoms with Crippen molar-refractivity contribution in [2.75, 3.05) is 0 Å². The van der Waals surface area contributed by atoms with Crippen molar-refractivity contribution in [3.63, 3.8) is 0 Å². The molecule has 0 aliphatic rings. The Morgan fingerprint density at radius 3 is 1.64 bits per heavy atom. The molecule has 0 rings (SSSR count). The molecule has 0 amide bonds. The topological polar surface area (TPSA) is 52.6 Å². The van der Waals surface area contributed by atoms with Crippen molar-refractivity contribution in [1.29, 1.82) is 0 Å². The van der Waals surface area contributed by atoms with Crippen LogP contribution in [0.25, 0.3) is 0 Å². The molecule has 0 aromatic carbocycles. The maximum atomic E-state index is 12.2. The van der Waals surface area contributed by atoms with Gasteiger partial charge in [0.2, 0.25) is 0 Å². The lowest BCUT2D eigenvalue weighted by Crippen LogP contribution is -2.54. The lowest BCUT2D eigenvalue weighted by atomic mass is 10.1. The number of carbonyl (C=O) groups excluding carboxylic acids is 2. The molecule has 0 N–H and O–H groups in total. The summed E-state index contributed by atoms with van der Waals surface area (Å²) in [6.07, 6.45) is 0.735. The van der Waals surface area contributed by atoms with Crippen LogP contribution in [0.4, 0.5) is 0 Å². The molecule has 0 fully saturated rings. The van der Waals surface area contributed by atoms with Crippen LogP contribution in [0.2, 0.25) is 11.1 Å². The van der Waals surface area contributed by atoms with Gasteiger partial charge >= 0.3 is 20.5 Å². The van der Waals surface area contributed by atoms with Crippen LogP contribution in [0.5, 0.6) is 0 Å². The van der Waals surface area contributed by atoms with E-state index in [1.54, 1.807) is 13.8 Å². The molecule has 126 valence electrons. The Morgan fingerprint density at radius 2 is 1.41 bits per heavy atom. The minimum Gasteiger partial charge on any atom is -0.481 e. The molecule has 0 aromatic rings. The molecule has 0 heterocycles. The highest BCUT2D eigenvalue weighted by atomic mass is 28.4. The van der Waals surface area contributed by atoms with Crippen molar-refractivity contribution < 1.29 is 18.4 Å². The van der Waals surface area contributed by atoms with E-state index < -0.39 is 25.5 Å². The van der Waals surface area contributed by atoms with Crippen LogP contribution < -0.4 is 0 Å². The van der Waals surface area contributed by atoms with Crippen LogP contribution >= 0.6 is 0 Å². The van der Waals surface area contributed by atoms with Gasteiger partial charge < -0.3 is 8.85 Å². The minimum atomic E-state index is -3.16. The van der Waals surface area contributed by atoms with Crippen LogP contribution in [0.1, 0.15) is 54.9 Å². The molecule has 22 heavy (non-hydrogen) atoms. The van der Waals surface area contributed by atoms with Gasteiger partial charge in [-0.2, -0.15) is 0 Å². The van der Waals surface area contributed by atoms with Gasteiger partial charge in [-0.3, -0.25) is 0 Å². The molecule has 0 spiro atoms. The van der Waals surface area contributed by atoms with Gasteiger partial charge in [0.15, 0.2) is 0 Å². The zero-order chi connectivity index (χ0) is 17.7. The Hall–Kier alpha value is -1.36. The third-order valence-corrected chi connectivity index (χ3v) is 8.60. The average Bonchev–Trinajstić information content (AvgIpc) is 2.36. The van der Waals surface area contributed by atoms with Crippen LogP contribution in [-0.4, -0.2) is 20.5 Å². The molecule has 5 heteroatoms. The highest BCUT2D eigenvalue weighted by Gasteiger charge is 2.57. The fourth-order valence-electron chi connectivity index (χ4n) is 1.94. The summed E-state index contributed by atoms with van der Waals surface area (Å²) >= 11 is 0. The number of carbonyl (C=O) groups is 2. The lowest BCUT2D eigenvalue weighted by molar-refractivity contribution is -0.138. The normalized spacial score (nSPS) is 12.0. The van der Waals surface area contributed by atoms with Gasteiger partial charge in [0.1, 0.15) is 0 Å². The van der Waals surface area contributed by atoms with Crippen molar-refractivity contribution >= 4 is 20.5 Å². The second-order valence-corrected chi connectivity index (χ2v) is 10.6. The first-order valence-corrected chi connectivity index (χ1v) is 9.68. The molecule has 0 saturated carbocycles. The largest absolute Gasteiger partial charge is 0.481 e. The molecule has 0 bridgehead atoms. The summed E-state index contributed by atoms with van der Waals surface area (Å²) in [5, 5.41) is -0.409. The van der Waals surface area contributed by atoms with E-state index in [2.05, 4.69) is 13.2 Å². The quantitative estimate of drug-likeness (QED) is 0.486. The summed E-state index contributed by atoms with van der Waals surface area (Å²) in [7, 11) is -3.16. The SMILES string of the molecule is C=C(C)C(=O)O[Si](CC(C)C)(OC(=O)C(=C)C)C(C)(C)CC. The average molecular weight is 327 g/mol. The van der Waals surface area contributed by atoms with Crippen molar-refractivity contribution in [2.45, 2.75) is 66.0 Å². The standard InChI is InChI=1S/C17H30O4Si/c1-10-17(8,9)22(11-12(2)3,20-15(18)13(4)5)21-16(19)14(6)7/h12H,4,6,10-11H2,1-3,5,7-9H3. The van der Waals surface area contributed by atoms with Gasteiger partial charge in [-0.25, -0.2) is 9.59 Å². The minimum absolute atomic E-state index is 0.230. The first-order chi connectivity index (χ1) is 9.88. The fraction of sp³-hybridized carbons (Fsp3) is 0.647. The van der Waals surface area contributed by atoms with E-state index in [4.69, 9.17) is 8.85 Å². The number of hydrogen-bond donors (Lipinski definition) is 0. The van der Waals surface area contributed by atoms with Crippen molar-refractivity contribution in [3.8, 4) is 0 Å². The lowest BCUT2D eigenvalue weighted by Gasteiger charge is -2.42. The molecule has 0 saturated heterocycles. The van der Waals surface area contributed by atoms with E-state index >= 15 is 0 Å². The molecule has 0 aliphatic carbocycles. The van der Waals surface area contributed by atoms with Crippen molar-refractivity contribution in [1.82, 2.24) is 0 Å². The second-order valence-electron chi connectivity index (χ2n) is 6.93. The molecule has 0 aliphatic heterocycles. The third kappa shape index (κ3) is 5.12.